The molecule has 0 bridgehead atoms. The highest BCUT2D eigenvalue weighted by atomic mass is 19.1. The molecule has 17 heavy (non-hydrogen) atoms. The van der Waals surface area contributed by atoms with E-state index in [1.165, 1.54) is 6.07 Å². The fraction of sp³-hybridized carbons (Fsp3) is 0.462. The molecule has 3 nitrogen and oxygen atoms in total. The molecule has 1 aromatic rings. The standard InChI is InChI=1S/C13H18FN3/c1-9(7-15)8-17(3)12-6-4-5-11(14)13(12)10(2)16/h4-6,9-10H,8,16H2,1-3H3/t9?,10-/m1/s1. The largest absolute Gasteiger partial charge is 0.373 e. The van der Waals surface area contributed by atoms with Crippen molar-refractivity contribution in [2.75, 3.05) is 18.5 Å². The Hall–Kier alpha value is -1.60. The average molecular weight is 235 g/mol. The second-order valence-corrected chi connectivity index (χ2v) is 4.37. The highest BCUT2D eigenvalue weighted by molar-refractivity contribution is 5.55. The molecule has 0 amide bonds. The van der Waals surface area contributed by atoms with E-state index in [0.717, 1.165) is 5.69 Å². The smallest absolute Gasteiger partial charge is 0.130 e. The summed E-state index contributed by atoms with van der Waals surface area (Å²) in [7, 11) is 1.84. The SMILES string of the molecule is CC(C#N)CN(C)c1cccc(F)c1[C@@H](C)N. The van der Waals surface area contributed by atoms with E-state index in [9.17, 15) is 4.39 Å². The second kappa shape index (κ2) is 5.65. The highest BCUT2D eigenvalue weighted by Crippen LogP contribution is 2.27. The van der Waals surface area contributed by atoms with Crippen molar-refractivity contribution in [2.45, 2.75) is 19.9 Å². The van der Waals surface area contributed by atoms with Gasteiger partial charge < -0.3 is 10.6 Å². The van der Waals surface area contributed by atoms with Gasteiger partial charge in [0.15, 0.2) is 0 Å². The van der Waals surface area contributed by atoms with Crippen LogP contribution in [0.1, 0.15) is 25.5 Å². The lowest BCUT2D eigenvalue weighted by Gasteiger charge is -2.25. The molecule has 4 heteroatoms. The van der Waals surface area contributed by atoms with Crippen molar-refractivity contribution in [3.63, 3.8) is 0 Å². The van der Waals surface area contributed by atoms with Crippen LogP contribution >= 0.6 is 0 Å². The molecule has 0 aliphatic heterocycles. The summed E-state index contributed by atoms with van der Waals surface area (Å²) < 4.78 is 13.7. The minimum absolute atomic E-state index is 0.107. The molecule has 0 saturated carbocycles. The lowest BCUT2D eigenvalue weighted by Crippen LogP contribution is -2.26. The minimum atomic E-state index is -0.369. The summed E-state index contributed by atoms with van der Waals surface area (Å²) in [5.41, 5.74) is 7.04. The van der Waals surface area contributed by atoms with E-state index in [-0.39, 0.29) is 17.8 Å². The summed E-state index contributed by atoms with van der Waals surface area (Å²) in [6, 6.07) is 6.68. The zero-order chi connectivity index (χ0) is 13.0. The van der Waals surface area contributed by atoms with Gasteiger partial charge in [-0.2, -0.15) is 5.26 Å². The maximum Gasteiger partial charge on any atom is 0.130 e. The molecule has 1 rings (SSSR count). The molecule has 0 fully saturated rings. The topological polar surface area (TPSA) is 53.0 Å². The van der Waals surface area contributed by atoms with Crippen LogP contribution in [0.15, 0.2) is 18.2 Å². The van der Waals surface area contributed by atoms with Gasteiger partial charge in [-0.1, -0.05) is 6.07 Å². The van der Waals surface area contributed by atoms with Gasteiger partial charge in [0.25, 0.3) is 0 Å². The maximum atomic E-state index is 13.7. The summed E-state index contributed by atoms with van der Waals surface area (Å²) in [5.74, 6) is -0.404. The van der Waals surface area contributed by atoms with Gasteiger partial charge in [-0.25, -0.2) is 4.39 Å². The number of halogens is 1. The number of nitrogens with zero attached hydrogens (tertiary/aromatic N) is 2. The number of benzene rings is 1. The fourth-order valence-electron chi connectivity index (χ4n) is 1.86. The summed E-state index contributed by atoms with van der Waals surface area (Å²) in [4.78, 5) is 1.87. The first-order valence-corrected chi connectivity index (χ1v) is 5.62. The van der Waals surface area contributed by atoms with E-state index in [1.54, 1.807) is 13.0 Å². The third-order valence-electron chi connectivity index (χ3n) is 2.66. The van der Waals surface area contributed by atoms with Crippen molar-refractivity contribution < 1.29 is 4.39 Å². The minimum Gasteiger partial charge on any atom is -0.373 e. The van der Waals surface area contributed by atoms with Crippen LogP contribution in [0.25, 0.3) is 0 Å². The van der Waals surface area contributed by atoms with Crippen molar-refractivity contribution in [1.82, 2.24) is 0 Å². The summed E-state index contributed by atoms with van der Waals surface area (Å²) in [6.07, 6.45) is 0. The monoisotopic (exact) mass is 235 g/mol. The normalized spacial score (nSPS) is 13.9. The van der Waals surface area contributed by atoms with Crippen LogP contribution in [0, 0.1) is 23.1 Å². The van der Waals surface area contributed by atoms with Crippen molar-refractivity contribution in [1.29, 1.82) is 5.26 Å². The van der Waals surface area contributed by atoms with Crippen LogP contribution in [0.2, 0.25) is 0 Å². The van der Waals surface area contributed by atoms with E-state index in [4.69, 9.17) is 11.0 Å². The van der Waals surface area contributed by atoms with Crippen LogP contribution in [-0.2, 0) is 0 Å². The second-order valence-electron chi connectivity index (χ2n) is 4.37. The van der Waals surface area contributed by atoms with Crippen LogP contribution < -0.4 is 10.6 Å². The lowest BCUT2D eigenvalue weighted by atomic mass is 10.0. The first-order valence-electron chi connectivity index (χ1n) is 5.62. The van der Waals surface area contributed by atoms with Crippen molar-refractivity contribution in [3.05, 3.63) is 29.6 Å². The summed E-state index contributed by atoms with van der Waals surface area (Å²) in [5, 5.41) is 8.79. The molecule has 0 saturated heterocycles. The Labute approximate surface area is 102 Å². The number of anilines is 1. The van der Waals surface area contributed by atoms with Gasteiger partial charge in [0.2, 0.25) is 0 Å². The first kappa shape index (κ1) is 13.5. The van der Waals surface area contributed by atoms with Crippen LogP contribution in [0.4, 0.5) is 10.1 Å². The number of rotatable bonds is 4. The molecule has 1 unspecified atom stereocenters. The molecule has 92 valence electrons. The zero-order valence-corrected chi connectivity index (χ0v) is 10.4. The molecular formula is C13H18FN3. The predicted molar refractivity (Wildman–Crippen MR) is 67.0 cm³/mol. The van der Waals surface area contributed by atoms with Gasteiger partial charge in [-0.15, -0.1) is 0 Å². The van der Waals surface area contributed by atoms with Crippen LogP contribution in [-0.4, -0.2) is 13.6 Å². The molecule has 0 aliphatic carbocycles. The number of nitriles is 1. The average Bonchev–Trinajstić information content (AvgIpc) is 2.27. The zero-order valence-electron chi connectivity index (χ0n) is 10.4. The van der Waals surface area contributed by atoms with E-state index in [0.29, 0.717) is 12.1 Å². The molecule has 2 atom stereocenters. The van der Waals surface area contributed by atoms with Gasteiger partial charge in [0.1, 0.15) is 5.82 Å². The van der Waals surface area contributed by atoms with Crippen LogP contribution in [0.3, 0.4) is 0 Å². The lowest BCUT2D eigenvalue weighted by molar-refractivity contribution is 0.591. The fourth-order valence-corrected chi connectivity index (χ4v) is 1.86. The first-order chi connectivity index (χ1) is 7.97. The van der Waals surface area contributed by atoms with Gasteiger partial charge >= 0.3 is 0 Å². The number of hydrogen-bond acceptors (Lipinski definition) is 3. The Balaban J connectivity index is 3.05. The molecule has 1 aromatic carbocycles. The molecule has 0 spiro atoms. The third-order valence-corrected chi connectivity index (χ3v) is 2.66. The van der Waals surface area contributed by atoms with E-state index >= 15 is 0 Å². The van der Waals surface area contributed by atoms with Gasteiger partial charge in [-0.05, 0) is 26.0 Å². The van der Waals surface area contributed by atoms with Crippen molar-refractivity contribution in [2.24, 2.45) is 11.7 Å². The molecule has 0 aliphatic rings. The van der Waals surface area contributed by atoms with Crippen molar-refractivity contribution >= 4 is 5.69 Å². The molecular weight excluding hydrogens is 217 g/mol. The molecule has 0 heterocycles. The summed E-state index contributed by atoms with van der Waals surface area (Å²) in [6.45, 7) is 4.14. The third kappa shape index (κ3) is 3.18. The maximum absolute atomic E-state index is 13.7. The highest BCUT2D eigenvalue weighted by Gasteiger charge is 2.16. The Bertz CT molecular complexity index is 423. The molecule has 0 radical (unpaired) electrons. The van der Waals surface area contributed by atoms with Crippen LogP contribution in [0.5, 0.6) is 0 Å². The van der Waals surface area contributed by atoms with Gasteiger partial charge in [0.05, 0.1) is 12.0 Å². The van der Waals surface area contributed by atoms with Gasteiger partial charge in [0, 0.05) is 30.9 Å². The Morgan fingerprint density at radius 1 is 1.47 bits per heavy atom. The Morgan fingerprint density at radius 2 is 2.12 bits per heavy atom. The molecule has 2 N–H and O–H groups in total. The van der Waals surface area contributed by atoms with Crippen molar-refractivity contribution in [3.8, 4) is 6.07 Å². The number of nitrogens with two attached hydrogens (primary N) is 1. The Morgan fingerprint density at radius 3 is 2.65 bits per heavy atom. The van der Waals surface area contributed by atoms with E-state index < -0.39 is 0 Å². The Kier molecular flexibility index (Phi) is 4.47. The number of hydrogen-bond donors (Lipinski definition) is 1. The van der Waals surface area contributed by atoms with E-state index in [2.05, 4.69) is 6.07 Å². The quantitative estimate of drug-likeness (QED) is 0.872. The predicted octanol–water partition coefficient (Wildman–Crippen LogP) is 2.44. The summed E-state index contributed by atoms with van der Waals surface area (Å²) >= 11 is 0. The molecule has 0 aromatic heterocycles. The van der Waals surface area contributed by atoms with E-state index in [1.807, 2.05) is 24.9 Å². The van der Waals surface area contributed by atoms with Gasteiger partial charge in [-0.3, -0.25) is 0 Å².